The summed E-state index contributed by atoms with van der Waals surface area (Å²) in [4.78, 5) is 14.4. The van der Waals surface area contributed by atoms with Crippen molar-refractivity contribution in [2.75, 3.05) is 25.6 Å². The second-order valence-electron chi connectivity index (χ2n) is 5.93. The van der Waals surface area contributed by atoms with E-state index in [1.54, 1.807) is 12.3 Å². The molecule has 2 aliphatic rings. The molecule has 130 valence electrons. The molecule has 0 unspecified atom stereocenters. The number of thioether (sulfide) groups is 1. The number of rotatable bonds is 3. The molecule has 0 radical (unpaired) electrons. The van der Waals surface area contributed by atoms with Crippen LogP contribution in [0, 0.1) is 0 Å². The molecule has 1 amide bonds. The highest BCUT2D eigenvalue weighted by molar-refractivity contribution is 7.99. The third-order valence-electron chi connectivity index (χ3n) is 4.33. The highest BCUT2D eigenvalue weighted by atomic mass is 32.2. The quantitative estimate of drug-likeness (QED) is 0.784. The van der Waals surface area contributed by atoms with Crippen LogP contribution >= 0.6 is 11.8 Å². The standard InChI is InChI=1S/C19H19NO4S/c21-19(6-4-14-3-5-15-17(12-14)24-13-23-15)20-8-7-18(25-11-9-20)16-2-1-10-22-16/h1-6,10,12,18H,7-9,11,13H2/b6-4+/t18-/m0/s1. The fraction of sp³-hybridized carbons (Fsp3) is 0.316. The normalized spacial score (nSPS) is 20.0. The summed E-state index contributed by atoms with van der Waals surface area (Å²) in [6.45, 7) is 1.75. The van der Waals surface area contributed by atoms with E-state index < -0.39 is 0 Å². The second kappa shape index (κ2) is 7.27. The molecule has 1 aromatic carbocycles. The predicted octanol–water partition coefficient (Wildman–Crippen LogP) is 3.73. The Balaban J connectivity index is 1.37. The van der Waals surface area contributed by atoms with E-state index in [4.69, 9.17) is 13.9 Å². The van der Waals surface area contributed by atoms with Crippen LogP contribution in [0.1, 0.15) is 23.0 Å². The van der Waals surface area contributed by atoms with Gasteiger partial charge < -0.3 is 18.8 Å². The molecule has 4 rings (SSSR count). The van der Waals surface area contributed by atoms with Crippen molar-refractivity contribution >= 4 is 23.7 Å². The van der Waals surface area contributed by atoms with Crippen molar-refractivity contribution < 1.29 is 18.7 Å². The van der Waals surface area contributed by atoms with Gasteiger partial charge in [-0.15, -0.1) is 11.8 Å². The van der Waals surface area contributed by atoms with Gasteiger partial charge in [-0.3, -0.25) is 4.79 Å². The van der Waals surface area contributed by atoms with Gasteiger partial charge in [0.2, 0.25) is 12.7 Å². The van der Waals surface area contributed by atoms with Gasteiger partial charge in [0.15, 0.2) is 11.5 Å². The van der Waals surface area contributed by atoms with Crippen molar-refractivity contribution in [1.82, 2.24) is 4.90 Å². The first-order chi connectivity index (χ1) is 12.3. The van der Waals surface area contributed by atoms with Crippen LogP contribution in [-0.4, -0.2) is 36.4 Å². The minimum absolute atomic E-state index is 0.0401. The monoisotopic (exact) mass is 357 g/mol. The van der Waals surface area contributed by atoms with E-state index in [2.05, 4.69) is 0 Å². The van der Waals surface area contributed by atoms with E-state index in [0.29, 0.717) is 5.25 Å². The molecule has 2 aromatic rings. The van der Waals surface area contributed by atoms with Crippen LogP contribution in [0.15, 0.2) is 47.1 Å². The number of furan rings is 1. The van der Waals surface area contributed by atoms with Crippen molar-refractivity contribution in [3.05, 3.63) is 54.0 Å². The van der Waals surface area contributed by atoms with Crippen molar-refractivity contribution in [3.63, 3.8) is 0 Å². The molecule has 25 heavy (non-hydrogen) atoms. The SMILES string of the molecule is O=C(/C=C/c1ccc2c(c1)OCO2)N1CCS[C@H](c2ccco2)CC1. The lowest BCUT2D eigenvalue weighted by molar-refractivity contribution is -0.125. The van der Waals surface area contributed by atoms with Crippen molar-refractivity contribution in [2.45, 2.75) is 11.7 Å². The van der Waals surface area contributed by atoms with E-state index >= 15 is 0 Å². The van der Waals surface area contributed by atoms with Crippen LogP contribution < -0.4 is 9.47 Å². The lowest BCUT2D eigenvalue weighted by Gasteiger charge is -2.18. The van der Waals surface area contributed by atoms with Crippen molar-refractivity contribution in [2.24, 2.45) is 0 Å². The van der Waals surface area contributed by atoms with Gasteiger partial charge in [0.05, 0.1) is 11.5 Å². The molecular formula is C19H19NO4S. The summed E-state index contributed by atoms with van der Waals surface area (Å²) < 4.78 is 16.2. The van der Waals surface area contributed by atoms with Gasteiger partial charge in [-0.05, 0) is 42.3 Å². The number of hydrogen-bond donors (Lipinski definition) is 0. The van der Waals surface area contributed by atoms with Crippen molar-refractivity contribution in [1.29, 1.82) is 0 Å². The maximum absolute atomic E-state index is 12.5. The Hall–Kier alpha value is -2.34. The molecule has 6 heteroatoms. The summed E-state index contributed by atoms with van der Waals surface area (Å²) in [7, 11) is 0. The Morgan fingerprint density at radius 3 is 3.00 bits per heavy atom. The zero-order chi connectivity index (χ0) is 17.1. The zero-order valence-electron chi connectivity index (χ0n) is 13.7. The van der Waals surface area contributed by atoms with Crippen molar-refractivity contribution in [3.8, 4) is 11.5 Å². The Bertz CT molecular complexity index is 772. The average molecular weight is 357 g/mol. The van der Waals surface area contributed by atoms with Crippen LogP contribution in [0.5, 0.6) is 11.5 Å². The smallest absolute Gasteiger partial charge is 0.246 e. The number of carbonyl (C=O) groups is 1. The largest absolute Gasteiger partial charge is 0.468 e. The summed E-state index contributed by atoms with van der Waals surface area (Å²) in [5.41, 5.74) is 0.926. The van der Waals surface area contributed by atoms with E-state index in [1.807, 2.05) is 53.1 Å². The highest BCUT2D eigenvalue weighted by Gasteiger charge is 2.22. The van der Waals surface area contributed by atoms with Gasteiger partial charge in [0.1, 0.15) is 5.76 Å². The number of amides is 1. The lowest BCUT2D eigenvalue weighted by Crippen LogP contribution is -2.31. The molecule has 1 aromatic heterocycles. The summed E-state index contributed by atoms with van der Waals surface area (Å²) >= 11 is 1.85. The number of carbonyl (C=O) groups excluding carboxylic acids is 1. The number of hydrogen-bond acceptors (Lipinski definition) is 5. The summed E-state index contributed by atoms with van der Waals surface area (Å²) in [6.07, 6.45) is 6.07. The first kappa shape index (κ1) is 16.1. The maximum atomic E-state index is 12.5. The number of ether oxygens (including phenoxy) is 2. The van der Waals surface area contributed by atoms with Crippen LogP contribution in [0.25, 0.3) is 6.08 Å². The Kier molecular flexibility index (Phi) is 4.70. The molecule has 2 aliphatic heterocycles. The molecule has 1 fully saturated rings. The molecule has 1 atom stereocenters. The molecular weight excluding hydrogens is 338 g/mol. The van der Waals surface area contributed by atoms with Gasteiger partial charge in [-0.2, -0.15) is 0 Å². The number of benzene rings is 1. The molecule has 0 spiro atoms. The first-order valence-electron chi connectivity index (χ1n) is 8.31. The molecule has 0 saturated carbocycles. The lowest BCUT2D eigenvalue weighted by atomic mass is 10.2. The molecule has 1 saturated heterocycles. The highest BCUT2D eigenvalue weighted by Crippen LogP contribution is 2.35. The number of fused-ring (bicyclic) bond motifs is 1. The van der Waals surface area contributed by atoms with Gasteiger partial charge in [-0.1, -0.05) is 6.07 Å². The van der Waals surface area contributed by atoms with Gasteiger partial charge >= 0.3 is 0 Å². The topological polar surface area (TPSA) is 51.9 Å². The van der Waals surface area contributed by atoms with Gasteiger partial charge in [-0.25, -0.2) is 0 Å². The van der Waals surface area contributed by atoms with Crippen LogP contribution in [-0.2, 0) is 4.79 Å². The van der Waals surface area contributed by atoms with Crippen LogP contribution in [0.3, 0.4) is 0 Å². The molecule has 5 nitrogen and oxygen atoms in total. The van der Waals surface area contributed by atoms with E-state index in [-0.39, 0.29) is 12.7 Å². The first-order valence-corrected chi connectivity index (χ1v) is 9.36. The van der Waals surface area contributed by atoms with Crippen LogP contribution in [0.4, 0.5) is 0 Å². The number of nitrogens with zero attached hydrogens (tertiary/aromatic N) is 1. The molecule has 0 N–H and O–H groups in total. The fourth-order valence-corrected chi connectivity index (χ4v) is 4.16. The third kappa shape index (κ3) is 3.69. The molecule has 3 heterocycles. The second-order valence-corrected chi connectivity index (χ2v) is 7.25. The average Bonchev–Trinajstić information content (AvgIpc) is 3.27. The minimum Gasteiger partial charge on any atom is -0.468 e. The van der Waals surface area contributed by atoms with E-state index in [1.165, 1.54) is 0 Å². The molecule has 0 aliphatic carbocycles. The molecule has 0 bridgehead atoms. The summed E-state index contributed by atoms with van der Waals surface area (Å²) in [5.74, 6) is 3.42. The predicted molar refractivity (Wildman–Crippen MR) is 96.7 cm³/mol. The summed E-state index contributed by atoms with van der Waals surface area (Å²) in [5, 5.41) is 0.325. The minimum atomic E-state index is 0.0401. The fourth-order valence-electron chi connectivity index (χ4n) is 2.98. The third-order valence-corrected chi connectivity index (χ3v) is 5.62. The Morgan fingerprint density at radius 2 is 2.12 bits per heavy atom. The van der Waals surface area contributed by atoms with E-state index in [9.17, 15) is 4.79 Å². The zero-order valence-corrected chi connectivity index (χ0v) is 14.5. The maximum Gasteiger partial charge on any atom is 0.246 e. The summed E-state index contributed by atoms with van der Waals surface area (Å²) in [6, 6.07) is 9.59. The Labute approximate surface area is 150 Å². The van der Waals surface area contributed by atoms with E-state index in [0.717, 1.165) is 48.1 Å². The van der Waals surface area contributed by atoms with Gasteiger partial charge in [0, 0.05) is 24.9 Å². The van der Waals surface area contributed by atoms with Crippen LogP contribution in [0.2, 0.25) is 0 Å². The van der Waals surface area contributed by atoms with Gasteiger partial charge in [0.25, 0.3) is 0 Å². The Morgan fingerprint density at radius 1 is 1.20 bits per heavy atom.